The molecule has 2 atom stereocenters. The fourth-order valence-electron chi connectivity index (χ4n) is 3.85. The van der Waals surface area contributed by atoms with E-state index in [9.17, 15) is 24.6 Å². The summed E-state index contributed by atoms with van der Waals surface area (Å²) in [5, 5.41) is 34.5. The predicted octanol–water partition coefficient (Wildman–Crippen LogP) is -1.41. The molecule has 2 aromatic rings. The Labute approximate surface area is 206 Å². The number of thioether (sulfide) groups is 1. The van der Waals surface area contributed by atoms with Crippen LogP contribution < -0.4 is 16.5 Å². The third kappa shape index (κ3) is 4.54. The van der Waals surface area contributed by atoms with Gasteiger partial charge in [0.25, 0.3) is 11.8 Å². The minimum absolute atomic E-state index is 0.122. The number of anilines is 1. The maximum Gasteiger partial charge on any atom is 0.352 e. The summed E-state index contributed by atoms with van der Waals surface area (Å²) < 4.78 is 3.13. The SMILES string of the molecule is CON=C(C(=O)N[C@@H]1C(=O)N2C(C(=O)O)=C(Cn3ccc(=N)n3CCO)CS[C@H]12)c1csc(N)n1. The van der Waals surface area contributed by atoms with Crippen molar-refractivity contribution in [2.75, 3.05) is 25.2 Å². The van der Waals surface area contributed by atoms with Gasteiger partial charge in [-0.3, -0.25) is 29.3 Å². The molecule has 186 valence electrons. The van der Waals surface area contributed by atoms with Crippen LogP contribution in [0.1, 0.15) is 5.69 Å². The summed E-state index contributed by atoms with van der Waals surface area (Å²) in [6.07, 6.45) is 1.62. The lowest BCUT2D eigenvalue weighted by Gasteiger charge is -2.49. The summed E-state index contributed by atoms with van der Waals surface area (Å²) in [4.78, 5) is 47.8. The van der Waals surface area contributed by atoms with E-state index in [0.717, 1.165) is 16.2 Å². The summed E-state index contributed by atoms with van der Waals surface area (Å²) in [7, 11) is 1.26. The zero-order valence-corrected chi connectivity index (χ0v) is 20.0. The van der Waals surface area contributed by atoms with E-state index in [-0.39, 0.29) is 53.2 Å². The highest BCUT2D eigenvalue weighted by Gasteiger charge is 2.54. The van der Waals surface area contributed by atoms with Crippen molar-refractivity contribution in [2.24, 2.45) is 5.16 Å². The largest absolute Gasteiger partial charge is 0.477 e. The maximum absolute atomic E-state index is 13.0. The van der Waals surface area contributed by atoms with E-state index in [1.807, 2.05) is 0 Å². The number of nitrogens with two attached hydrogens (primary N) is 1. The highest BCUT2D eigenvalue weighted by molar-refractivity contribution is 8.00. The van der Waals surface area contributed by atoms with Gasteiger partial charge in [-0.05, 0) is 11.6 Å². The molecular formula is C19H22N8O6S2. The third-order valence-corrected chi connectivity index (χ3v) is 7.37. The number of aromatic nitrogens is 3. The van der Waals surface area contributed by atoms with Crippen molar-refractivity contribution in [2.45, 2.75) is 24.5 Å². The van der Waals surface area contributed by atoms with Gasteiger partial charge in [0.1, 0.15) is 35.4 Å². The number of rotatable bonds is 9. The molecular weight excluding hydrogens is 500 g/mol. The number of carbonyl (C=O) groups excluding carboxylic acids is 2. The van der Waals surface area contributed by atoms with Gasteiger partial charge in [0, 0.05) is 17.3 Å². The number of amides is 2. The number of hydrogen-bond donors (Lipinski definition) is 5. The number of thiazole rings is 1. The smallest absolute Gasteiger partial charge is 0.352 e. The molecule has 0 radical (unpaired) electrons. The molecule has 1 saturated heterocycles. The molecule has 0 bridgehead atoms. The third-order valence-electron chi connectivity index (χ3n) is 5.36. The van der Waals surface area contributed by atoms with E-state index >= 15 is 0 Å². The van der Waals surface area contributed by atoms with Crippen LogP contribution in [0.25, 0.3) is 0 Å². The molecule has 14 nitrogen and oxygen atoms in total. The van der Waals surface area contributed by atoms with Crippen molar-refractivity contribution in [1.82, 2.24) is 24.6 Å². The number of fused-ring (bicyclic) bond motifs is 1. The maximum atomic E-state index is 13.0. The van der Waals surface area contributed by atoms with Gasteiger partial charge in [-0.15, -0.1) is 23.1 Å². The zero-order valence-electron chi connectivity index (χ0n) is 18.4. The van der Waals surface area contributed by atoms with Gasteiger partial charge in [0.15, 0.2) is 10.8 Å². The van der Waals surface area contributed by atoms with Crippen molar-refractivity contribution < 1.29 is 29.4 Å². The van der Waals surface area contributed by atoms with E-state index < -0.39 is 29.2 Å². The quantitative estimate of drug-likeness (QED) is 0.149. The number of oxime groups is 1. The standard InChI is InChI=1S/C19H22N8O6S2/c1-33-24-12(10-8-35-19(21)22-10)15(29)23-13-16(30)27-14(18(31)32)9(7-34-17(13)27)6-25-3-2-11(20)26(25)4-5-28/h2-3,8,13,17,20,28H,4-7H2,1H3,(H2,21,22)(H,23,29)(H,31,32)/t13-,17-/m1/s1. The molecule has 0 spiro atoms. The van der Waals surface area contributed by atoms with Crippen LogP contribution in [0.2, 0.25) is 0 Å². The first kappa shape index (κ1) is 24.5. The van der Waals surface area contributed by atoms with Crippen LogP contribution >= 0.6 is 23.1 Å². The highest BCUT2D eigenvalue weighted by Crippen LogP contribution is 2.40. The van der Waals surface area contributed by atoms with Crippen LogP contribution in [0.4, 0.5) is 5.13 Å². The van der Waals surface area contributed by atoms with E-state index in [1.165, 1.54) is 35.0 Å². The van der Waals surface area contributed by atoms with E-state index in [4.69, 9.17) is 16.0 Å². The Kier molecular flexibility index (Phi) is 6.95. The first-order chi connectivity index (χ1) is 16.8. The monoisotopic (exact) mass is 522 g/mol. The highest BCUT2D eigenvalue weighted by atomic mass is 32.2. The molecule has 0 saturated carbocycles. The number of nitrogen functional groups attached to an aromatic ring is 1. The number of carboxylic acids is 1. The fraction of sp³-hybridized carbons (Fsp3) is 0.368. The molecule has 1 fully saturated rings. The van der Waals surface area contributed by atoms with Crippen LogP contribution in [0.3, 0.4) is 0 Å². The molecule has 0 aromatic carbocycles. The number of aliphatic hydroxyl groups excluding tert-OH is 1. The lowest BCUT2D eigenvalue weighted by atomic mass is 10.0. The Hall–Kier alpha value is -3.63. The summed E-state index contributed by atoms with van der Waals surface area (Å²) >= 11 is 2.43. The van der Waals surface area contributed by atoms with Crippen molar-refractivity contribution >= 4 is 51.7 Å². The minimum atomic E-state index is -1.27. The zero-order chi connectivity index (χ0) is 25.3. The number of nitrogens with one attached hydrogen (secondary N) is 2. The number of nitrogens with zero attached hydrogens (tertiary/aromatic N) is 5. The fourth-order valence-corrected chi connectivity index (χ4v) is 5.73. The second kappa shape index (κ2) is 9.93. The summed E-state index contributed by atoms with van der Waals surface area (Å²) in [6, 6.07) is 0.567. The molecule has 16 heteroatoms. The number of aliphatic carboxylic acids is 1. The Morgan fingerprint density at radius 1 is 1.46 bits per heavy atom. The van der Waals surface area contributed by atoms with Gasteiger partial charge in [-0.25, -0.2) is 9.78 Å². The van der Waals surface area contributed by atoms with Gasteiger partial charge in [0.2, 0.25) is 0 Å². The summed E-state index contributed by atoms with van der Waals surface area (Å²) in [6.45, 7) is 0.108. The average molecular weight is 523 g/mol. The van der Waals surface area contributed by atoms with E-state index in [1.54, 1.807) is 10.9 Å². The molecule has 35 heavy (non-hydrogen) atoms. The molecule has 2 aliphatic heterocycles. The number of carboxylic acid groups (broad SMARTS) is 1. The predicted molar refractivity (Wildman–Crippen MR) is 125 cm³/mol. The van der Waals surface area contributed by atoms with E-state index in [2.05, 4.69) is 15.5 Å². The second-order valence-corrected chi connectivity index (χ2v) is 9.45. The Morgan fingerprint density at radius 3 is 2.86 bits per heavy atom. The van der Waals surface area contributed by atoms with Gasteiger partial charge >= 0.3 is 5.97 Å². The molecule has 0 unspecified atom stereocenters. The van der Waals surface area contributed by atoms with Crippen molar-refractivity contribution in [3.8, 4) is 0 Å². The van der Waals surface area contributed by atoms with Gasteiger partial charge in [-0.2, -0.15) is 0 Å². The summed E-state index contributed by atoms with van der Waals surface area (Å²) in [5.41, 5.74) is 6.14. The minimum Gasteiger partial charge on any atom is -0.477 e. The van der Waals surface area contributed by atoms with Gasteiger partial charge in [0.05, 0.1) is 19.7 Å². The molecule has 2 aromatic heterocycles. The van der Waals surface area contributed by atoms with Crippen LogP contribution in [-0.4, -0.2) is 83.8 Å². The Bertz CT molecular complexity index is 1290. The van der Waals surface area contributed by atoms with Crippen molar-refractivity contribution in [3.63, 3.8) is 0 Å². The van der Waals surface area contributed by atoms with Crippen LogP contribution in [-0.2, 0) is 32.3 Å². The second-order valence-electron chi connectivity index (χ2n) is 7.46. The lowest BCUT2D eigenvalue weighted by molar-refractivity contribution is -0.150. The first-order valence-corrected chi connectivity index (χ1v) is 12.1. The normalized spacial score (nSPS) is 19.9. The van der Waals surface area contributed by atoms with Crippen molar-refractivity contribution in [1.29, 1.82) is 5.41 Å². The van der Waals surface area contributed by atoms with Gasteiger partial charge < -0.3 is 26.1 Å². The molecule has 2 amide bonds. The first-order valence-electron chi connectivity index (χ1n) is 10.2. The lowest BCUT2D eigenvalue weighted by Crippen LogP contribution is -2.71. The number of hydrogen-bond acceptors (Lipinski definition) is 11. The van der Waals surface area contributed by atoms with Crippen LogP contribution in [0.5, 0.6) is 0 Å². The number of aliphatic hydroxyl groups is 1. The molecule has 6 N–H and O–H groups in total. The van der Waals surface area contributed by atoms with Crippen LogP contribution in [0, 0.1) is 5.41 Å². The number of β-lactam (4-membered cyclic amide) rings is 1. The van der Waals surface area contributed by atoms with Gasteiger partial charge in [-0.1, -0.05) is 5.16 Å². The molecule has 2 aliphatic rings. The molecule has 4 rings (SSSR count). The van der Waals surface area contributed by atoms with E-state index in [0.29, 0.717) is 5.57 Å². The van der Waals surface area contributed by atoms with Crippen LogP contribution in [0.15, 0.2) is 34.1 Å². The van der Waals surface area contributed by atoms with Crippen molar-refractivity contribution in [3.05, 3.63) is 40.1 Å². The molecule has 4 heterocycles. The topological polar surface area (TPSA) is 201 Å². The average Bonchev–Trinajstić information content (AvgIpc) is 3.41. The Morgan fingerprint density at radius 2 is 2.23 bits per heavy atom. The Balaban J connectivity index is 1.55. The number of carbonyl (C=O) groups is 3. The molecule has 0 aliphatic carbocycles. The summed E-state index contributed by atoms with van der Waals surface area (Å²) in [5.74, 6) is -2.26.